The van der Waals surface area contributed by atoms with Gasteiger partial charge in [0.25, 0.3) is 0 Å². The molecule has 0 bridgehead atoms. The Bertz CT molecular complexity index is 106. The molecule has 0 aromatic rings. The van der Waals surface area contributed by atoms with Crippen LogP contribution in [-0.4, -0.2) is 39.7 Å². The van der Waals surface area contributed by atoms with Crippen LogP contribution in [0.2, 0.25) is 0 Å². The quantitative estimate of drug-likeness (QED) is 0.523. The average molecular weight is 180 g/mol. The van der Waals surface area contributed by atoms with Crippen LogP contribution in [0.3, 0.4) is 0 Å². The van der Waals surface area contributed by atoms with Gasteiger partial charge in [-0.15, -0.1) is 11.8 Å². The molecule has 0 aliphatic carbocycles. The van der Waals surface area contributed by atoms with Crippen molar-refractivity contribution < 1.29 is 15.3 Å². The minimum absolute atomic E-state index is 0.0490. The third kappa shape index (κ3) is 3.96. The van der Waals surface area contributed by atoms with E-state index in [2.05, 4.69) is 0 Å². The lowest BCUT2D eigenvalue weighted by Gasteiger charge is -2.27. The molecule has 0 aromatic heterocycles. The Kier molecular flexibility index (Phi) is 5.08. The molecule has 0 heterocycles. The Morgan fingerprint density at radius 3 is 2.27 bits per heavy atom. The summed E-state index contributed by atoms with van der Waals surface area (Å²) in [5.74, 6) is 0.505. The van der Waals surface area contributed by atoms with Gasteiger partial charge in [-0.25, -0.2) is 0 Å². The fraction of sp³-hybridized carbons (Fsp3) is 1.00. The first-order valence-electron chi connectivity index (χ1n) is 3.56. The first-order valence-corrected chi connectivity index (χ1v) is 4.61. The van der Waals surface area contributed by atoms with Gasteiger partial charge in [-0.05, 0) is 0 Å². The Morgan fingerprint density at radius 1 is 1.36 bits per heavy atom. The molecule has 1 unspecified atom stereocenters. The number of rotatable bonds is 5. The summed E-state index contributed by atoms with van der Waals surface area (Å²) in [5.41, 5.74) is -1.10. The van der Waals surface area contributed by atoms with Crippen molar-refractivity contribution >= 4 is 11.8 Å². The number of aliphatic hydroxyl groups excluding tert-OH is 3. The minimum Gasteiger partial charge on any atom is -0.396 e. The van der Waals surface area contributed by atoms with Crippen LogP contribution in [0.1, 0.15) is 13.8 Å². The van der Waals surface area contributed by atoms with Crippen molar-refractivity contribution in [1.29, 1.82) is 0 Å². The van der Waals surface area contributed by atoms with Crippen molar-refractivity contribution in [3.8, 4) is 0 Å². The highest BCUT2D eigenvalue weighted by atomic mass is 32.2. The molecule has 68 valence electrons. The fourth-order valence-electron chi connectivity index (χ4n) is 0.468. The molecule has 0 aliphatic rings. The predicted octanol–water partition coefficient (Wildman–Crippen LogP) is 0.0488. The average Bonchev–Trinajstić information content (AvgIpc) is 2.00. The van der Waals surface area contributed by atoms with Gasteiger partial charge >= 0.3 is 0 Å². The summed E-state index contributed by atoms with van der Waals surface area (Å²) in [4.78, 5) is 0. The van der Waals surface area contributed by atoms with Crippen molar-refractivity contribution in [2.45, 2.75) is 19.3 Å². The Labute approximate surface area is 71.4 Å². The zero-order valence-electron chi connectivity index (χ0n) is 6.95. The number of aliphatic hydroxyl groups is 3. The second-order valence-electron chi connectivity index (χ2n) is 3.09. The van der Waals surface area contributed by atoms with Crippen molar-refractivity contribution in [3.05, 3.63) is 0 Å². The molecule has 11 heavy (non-hydrogen) atoms. The standard InChI is InChI=1S/C7H16O3S/c1-7(2,5-9)6(10)11-4-3-8/h6,8-10H,3-5H2,1-2H3. The third-order valence-corrected chi connectivity index (χ3v) is 2.82. The second-order valence-corrected chi connectivity index (χ2v) is 4.28. The molecule has 0 rings (SSSR count). The molecule has 0 amide bonds. The summed E-state index contributed by atoms with van der Waals surface area (Å²) in [6.07, 6.45) is 0. The molecule has 0 aliphatic heterocycles. The highest BCUT2D eigenvalue weighted by Gasteiger charge is 2.26. The summed E-state index contributed by atoms with van der Waals surface area (Å²) in [6.45, 7) is 3.57. The maximum atomic E-state index is 9.40. The van der Waals surface area contributed by atoms with Gasteiger partial charge in [0, 0.05) is 11.2 Å². The number of thioether (sulfide) groups is 1. The van der Waals surface area contributed by atoms with Crippen molar-refractivity contribution in [1.82, 2.24) is 0 Å². The predicted molar refractivity (Wildman–Crippen MR) is 46.4 cm³/mol. The molecule has 0 spiro atoms. The van der Waals surface area contributed by atoms with E-state index >= 15 is 0 Å². The molecule has 0 radical (unpaired) electrons. The molecule has 3 nitrogen and oxygen atoms in total. The molecule has 0 saturated carbocycles. The lowest BCUT2D eigenvalue weighted by Crippen LogP contribution is -2.30. The Balaban J connectivity index is 3.71. The van der Waals surface area contributed by atoms with Crippen LogP contribution in [0, 0.1) is 5.41 Å². The van der Waals surface area contributed by atoms with Crippen LogP contribution in [0.25, 0.3) is 0 Å². The first-order chi connectivity index (χ1) is 5.04. The van der Waals surface area contributed by atoms with Gasteiger partial charge in [0.05, 0.1) is 13.2 Å². The van der Waals surface area contributed by atoms with Gasteiger partial charge < -0.3 is 15.3 Å². The smallest absolute Gasteiger partial charge is 0.107 e. The van der Waals surface area contributed by atoms with Crippen LogP contribution in [0.4, 0.5) is 0 Å². The summed E-state index contributed by atoms with van der Waals surface area (Å²) in [7, 11) is 0. The van der Waals surface area contributed by atoms with Crippen molar-refractivity contribution in [2.75, 3.05) is 19.0 Å². The van der Waals surface area contributed by atoms with Gasteiger partial charge in [0.2, 0.25) is 0 Å². The minimum atomic E-state index is -0.611. The van der Waals surface area contributed by atoms with Gasteiger partial charge in [0.15, 0.2) is 0 Å². The maximum absolute atomic E-state index is 9.40. The molecule has 0 saturated heterocycles. The van der Waals surface area contributed by atoms with Crippen molar-refractivity contribution in [2.24, 2.45) is 5.41 Å². The molecule has 4 heteroatoms. The highest BCUT2D eigenvalue weighted by Crippen LogP contribution is 2.27. The van der Waals surface area contributed by atoms with E-state index in [4.69, 9.17) is 10.2 Å². The Hall–Kier alpha value is 0.230. The van der Waals surface area contributed by atoms with E-state index in [1.807, 2.05) is 0 Å². The number of hydrogen-bond donors (Lipinski definition) is 3. The van der Waals surface area contributed by atoms with E-state index in [-0.39, 0.29) is 13.2 Å². The van der Waals surface area contributed by atoms with Crippen molar-refractivity contribution in [3.63, 3.8) is 0 Å². The van der Waals surface area contributed by atoms with Crippen LogP contribution in [-0.2, 0) is 0 Å². The second kappa shape index (κ2) is 4.98. The van der Waals surface area contributed by atoms with E-state index in [9.17, 15) is 5.11 Å². The maximum Gasteiger partial charge on any atom is 0.107 e. The summed E-state index contributed by atoms with van der Waals surface area (Å²) >= 11 is 1.25. The van der Waals surface area contributed by atoms with E-state index in [1.165, 1.54) is 11.8 Å². The zero-order valence-corrected chi connectivity index (χ0v) is 7.77. The zero-order chi connectivity index (χ0) is 8.91. The van der Waals surface area contributed by atoms with E-state index < -0.39 is 10.9 Å². The van der Waals surface area contributed by atoms with Gasteiger partial charge in [0.1, 0.15) is 5.44 Å². The highest BCUT2D eigenvalue weighted by molar-refractivity contribution is 7.99. The Morgan fingerprint density at radius 2 is 1.91 bits per heavy atom. The molecule has 3 N–H and O–H groups in total. The lowest BCUT2D eigenvalue weighted by molar-refractivity contribution is 0.0634. The fourth-order valence-corrected chi connectivity index (χ4v) is 1.32. The third-order valence-electron chi connectivity index (χ3n) is 1.44. The summed E-state index contributed by atoms with van der Waals surface area (Å²) in [5, 5.41) is 26.7. The number of hydrogen-bond acceptors (Lipinski definition) is 4. The molecule has 0 fully saturated rings. The van der Waals surface area contributed by atoms with Crippen LogP contribution < -0.4 is 0 Å². The van der Waals surface area contributed by atoms with Gasteiger partial charge in [-0.2, -0.15) is 0 Å². The van der Waals surface area contributed by atoms with Crippen LogP contribution in [0.15, 0.2) is 0 Å². The molecule has 1 atom stereocenters. The summed E-state index contributed by atoms with van der Waals surface area (Å²) < 4.78 is 0. The lowest BCUT2D eigenvalue weighted by atomic mass is 9.96. The van der Waals surface area contributed by atoms with Crippen LogP contribution >= 0.6 is 11.8 Å². The largest absolute Gasteiger partial charge is 0.396 e. The van der Waals surface area contributed by atoms with E-state index in [0.717, 1.165) is 0 Å². The molecular weight excluding hydrogens is 164 g/mol. The topological polar surface area (TPSA) is 60.7 Å². The molecular formula is C7H16O3S. The van der Waals surface area contributed by atoms with E-state index in [1.54, 1.807) is 13.8 Å². The van der Waals surface area contributed by atoms with Gasteiger partial charge in [-0.1, -0.05) is 13.8 Å². The van der Waals surface area contributed by atoms with Crippen LogP contribution in [0.5, 0.6) is 0 Å². The normalized spacial score (nSPS) is 15.0. The summed E-state index contributed by atoms with van der Waals surface area (Å²) in [6, 6.07) is 0. The SMILES string of the molecule is CC(C)(CO)C(O)SCCO. The monoisotopic (exact) mass is 180 g/mol. The first kappa shape index (κ1) is 11.2. The van der Waals surface area contributed by atoms with E-state index in [0.29, 0.717) is 5.75 Å². The molecule has 0 aromatic carbocycles. The van der Waals surface area contributed by atoms with Gasteiger partial charge in [-0.3, -0.25) is 0 Å².